The number of nitrogens with zero attached hydrogens (tertiary/aromatic N) is 1. The maximum Gasteiger partial charge on any atom is 0.0320 e. The van der Waals surface area contributed by atoms with Crippen LogP contribution < -0.4 is 5.73 Å². The number of rotatable bonds is 4. The summed E-state index contributed by atoms with van der Waals surface area (Å²) in [6.07, 6.45) is 0. The average Bonchev–Trinajstić information content (AvgIpc) is 2.19. The molecule has 0 amide bonds. The monoisotopic (exact) mass is 192 g/mol. The summed E-state index contributed by atoms with van der Waals surface area (Å²) in [7, 11) is 0. The first-order valence-electron chi connectivity index (χ1n) is 5.28. The minimum absolute atomic E-state index is 0.452. The van der Waals surface area contributed by atoms with E-state index in [1.807, 2.05) is 12.1 Å². The molecule has 0 aliphatic carbocycles. The van der Waals surface area contributed by atoms with E-state index in [0.29, 0.717) is 6.04 Å². The second-order valence-corrected chi connectivity index (χ2v) is 3.57. The fourth-order valence-corrected chi connectivity index (χ4v) is 1.80. The van der Waals surface area contributed by atoms with E-state index in [9.17, 15) is 0 Å². The Hall–Kier alpha value is -1.02. The Morgan fingerprint density at radius 2 is 1.93 bits per heavy atom. The summed E-state index contributed by atoms with van der Waals surface area (Å²) >= 11 is 0. The first kappa shape index (κ1) is 11.1. The molecular weight excluding hydrogens is 172 g/mol. The Morgan fingerprint density at radius 1 is 1.29 bits per heavy atom. The summed E-state index contributed by atoms with van der Waals surface area (Å²) in [5, 5.41) is 0. The molecule has 0 heterocycles. The van der Waals surface area contributed by atoms with Gasteiger partial charge in [-0.1, -0.05) is 26.0 Å². The van der Waals surface area contributed by atoms with Crippen LogP contribution in [-0.2, 0) is 0 Å². The molecule has 1 aromatic carbocycles. The zero-order valence-corrected chi connectivity index (χ0v) is 9.33. The smallest absolute Gasteiger partial charge is 0.0320 e. The molecule has 0 saturated carbocycles. The van der Waals surface area contributed by atoms with Crippen LogP contribution in [-0.4, -0.2) is 18.0 Å². The van der Waals surface area contributed by atoms with Crippen LogP contribution in [0.4, 0.5) is 5.69 Å². The highest BCUT2D eigenvalue weighted by molar-refractivity contribution is 5.41. The third-order valence-electron chi connectivity index (χ3n) is 2.75. The van der Waals surface area contributed by atoms with E-state index in [1.165, 1.54) is 5.56 Å². The molecule has 0 aromatic heterocycles. The van der Waals surface area contributed by atoms with Crippen LogP contribution in [0.25, 0.3) is 0 Å². The molecule has 1 aromatic rings. The lowest BCUT2D eigenvalue weighted by atomic mass is 10.1. The van der Waals surface area contributed by atoms with Crippen molar-refractivity contribution in [1.29, 1.82) is 0 Å². The molecule has 0 saturated heterocycles. The van der Waals surface area contributed by atoms with Crippen molar-refractivity contribution in [2.24, 2.45) is 0 Å². The van der Waals surface area contributed by atoms with Crippen molar-refractivity contribution in [1.82, 2.24) is 4.90 Å². The van der Waals surface area contributed by atoms with Gasteiger partial charge in [-0.15, -0.1) is 0 Å². The molecular formula is C12H20N2. The van der Waals surface area contributed by atoms with Gasteiger partial charge in [0.05, 0.1) is 0 Å². The molecule has 78 valence electrons. The highest BCUT2D eigenvalue weighted by atomic mass is 15.1. The molecule has 1 atom stereocenters. The average molecular weight is 192 g/mol. The van der Waals surface area contributed by atoms with Crippen LogP contribution in [0.5, 0.6) is 0 Å². The SMILES string of the molecule is CCN(CC)C(C)c1cccc(N)c1. The lowest BCUT2D eigenvalue weighted by Gasteiger charge is -2.26. The highest BCUT2D eigenvalue weighted by Gasteiger charge is 2.11. The van der Waals surface area contributed by atoms with Crippen molar-refractivity contribution < 1.29 is 0 Å². The van der Waals surface area contributed by atoms with Gasteiger partial charge in [-0.2, -0.15) is 0 Å². The summed E-state index contributed by atoms with van der Waals surface area (Å²) < 4.78 is 0. The molecule has 1 rings (SSSR count). The van der Waals surface area contributed by atoms with Crippen LogP contribution in [0.1, 0.15) is 32.4 Å². The molecule has 0 spiro atoms. The van der Waals surface area contributed by atoms with Gasteiger partial charge in [0.1, 0.15) is 0 Å². The minimum Gasteiger partial charge on any atom is -0.399 e. The molecule has 0 bridgehead atoms. The van der Waals surface area contributed by atoms with Crippen LogP contribution in [0.15, 0.2) is 24.3 Å². The van der Waals surface area contributed by atoms with Crippen molar-refractivity contribution in [3.63, 3.8) is 0 Å². The second kappa shape index (κ2) is 5.01. The quantitative estimate of drug-likeness (QED) is 0.743. The van der Waals surface area contributed by atoms with E-state index in [1.54, 1.807) is 0 Å². The number of benzene rings is 1. The first-order chi connectivity index (χ1) is 6.69. The fraction of sp³-hybridized carbons (Fsp3) is 0.500. The van der Waals surface area contributed by atoms with Crippen LogP contribution in [0.2, 0.25) is 0 Å². The molecule has 1 unspecified atom stereocenters. The van der Waals surface area contributed by atoms with Gasteiger partial charge in [-0.25, -0.2) is 0 Å². The van der Waals surface area contributed by atoms with Gasteiger partial charge in [0, 0.05) is 11.7 Å². The summed E-state index contributed by atoms with van der Waals surface area (Å²) in [6, 6.07) is 8.60. The van der Waals surface area contributed by atoms with E-state index < -0.39 is 0 Å². The van der Waals surface area contributed by atoms with Gasteiger partial charge < -0.3 is 5.73 Å². The standard InChI is InChI=1S/C12H20N2/c1-4-14(5-2)10(3)11-7-6-8-12(13)9-11/h6-10H,4-5,13H2,1-3H3. The number of anilines is 1. The molecule has 0 radical (unpaired) electrons. The van der Waals surface area contributed by atoms with Crippen molar-refractivity contribution in [2.75, 3.05) is 18.8 Å². The molecule has 14 heavy (non-hydrogen) atoms. The molecule has 2 nitrogen and oxygen atoms in total. The molecule has 0 fully saturated rings. The topological polar surface area (TPSA) is 29.3 Å². The van der Waals surface area contributed by atoms with E-state index in [-0.39, 0.29) is 0 Å². The Balaban J connectivity index is 2.82. The number of nitrogens with two attached hydrogens (primary N) is 1. The summed E-state index contributed by atoms with van der Waals surface area (Å²) in [5.74, 6) is 0. The van der Waals surface area contributed by atoms with Crippen molar-refractivity contribution in [3.05, 3.63) is 29.8 Å². The Kier molecular flexibility index (Phi) is 3.96. The van der Waals surface area contributed by atoms with Gasteiger partial charge in [-0.3, -0.25) is 4.90 Å². The number of nitrogen functional groups attached to an aromatic ring is 1. The van der Waals surface area contributed by atoms with Crippen LogP contribution in [0.3, 0.4) is 0 Å². The Bertz CT molecular complexity index is 279. The molecule has 0 aliphatic heterocycles. The summed E-state index contributed by atoms with van der Waals surface area (Å²) in [6.45, 7) is 8.75. The van der Waals surface area contributed by atoms with Gasteiger partial charge in [-0.05, 0) is 37.7 Å². The maximum atomic E-state index is 5.76. The fourth-order valence-electron chi connectivity index (χ4n) is 1.80. The van der Waals surface area contributed by atoms with Gasteiger partial charge in [0.15, 0.2) is 0 Å². The lowest BCUT2D eigenvalue weighted by Crippen LogP contribution is -2.26. The van der Waals surface area contributed by atoms with E-state index in [4.69, 9.17) is 5.73 Å². The molecule has 2 N–H and O–H groups in total. The van der Waals surface area contributed by atoms with Crippen LogP contribution >= 0.6 is 0 Å². The number of hydrogen-bond donors (Lipinski definition) is 1. The summed E-state index contributed by atoms with van der Waals surface area (Å²) in [4.78, 5) is 2.41. The third kappa shape index (κ3) is 2.48. The predicted molar refractivity (Wildman–Crippen MR) is 62.2 cm³/mol. The van der Waals surface area contributed by atoms with E-state index in [2.05, 4.69) is 37.8 Å². The highest BCUT2D eigenvalue weighted by Crippen LogP contribution is 2.21. The molecule has 2 heteroatoms. The largest absolute Gasteiger partial charge is 0.399 e. The zero-order valence-electron chi connectivity index (χ0n) is 9.33. The number of hydrogen-bond acceptors (Lipinski definition) is 2. The van der Waals surface area contributed by atoms with E-state index in [0.717, 1.165) is 18.8 Å². The molecule has 0 aliphatic rings. The van der Waals surface area contributed by atoms with Crippen molar-refractivity contribution in [2.45, 2.75) is 26.8 Å². The van der Waals surface area contributed by atoms with Crippen molar-refractivity contribution >= 4 is 5.69 Å². The van der Waals surface area contributed by atoms with Gasteiger partial charge in [0.25, 0.3) is 0 Å². The van der Waals surface area contributed by atoms with E-state index >= 15 is 0 Å². The summed E-state index contributed by atoms with van der Waals surface area (Å²) in [5.41, 5.74) is 7.91. The predicted octanol–water partition coefficient (Wildman–Crippen LogP) is 2.67. The Morgan fingerprint density at radius 3 is 2.43 bits per heavy atom. The van der Waals surface area contributed by atoms with Crippen molar-refractivity contribution in [3.8, 4) is 0 Å². The Labute approximate surface area is 86.7 Å². The third-order valence-corrected chi connectivity index (χ3v) is 2.75. The normalized spacial score (nSPS) is 13.1. The zero-order chi connectivity index (χ0) is 10.6. The maximum absolute atomic E-state index is 5.76. The minimum atomic E-state index is 0.452. The van der Waals surface area contributed by atoms with Gasteiger partial charge in [0.2, 0.25) is 0 Å². The van der Waals surface area contributed by atoms with Gasteiger partial charge >= 0.3 is 0 Å². The lowest BCUT2D eigenvalue weighted by molar-refractivity contribution is 0.234. The van der Waals surface area contributed by atoms with Crippen LogP contribution in [0, 0.1) is 0 Å². The first-order valence-corrected chi connectivity index (χ1v) is 5.28. The second-order valence-electron chi connectivity index (χ2n) is 3.57.